The molecule has 0 saturated heterocycles. The van der Waals surface area contributed by atoms with E-state index in [4.69, 9.17) is 27.6 Å². The lowest BCUT2D eigenvalue weighted by atomic mass is 10.1. The van der Waals surface area contributed by atoms with E-state index in [1.54, 1.807) is 6.26 Å². The molecule has 15 heavy (non-hydrogen) atoms. The smallest absolute Gasteiger partial charge is 0.100 e. The minimum absolute atomic E-state index is 0.587. The average molecular weight is 241 g/mol. The first-order valence-corrected chi connectivity index (χ1v) is 5.38. The van der Waals surface area contributed by atoms with Crippen LogP contribution in [-0.2, 0) is 6.42 Å². The van der Waals surface area contributed by atoms with E-state index >= 15 is 0 Å². The number of rotatable bonds is 2. The Hall–Kier alpha value is -0.920. The van der Waals surface area contributed by atoms with E-state index < -0.39 is 0 Å². The molecule has 0 radical (unpaired) electrons. The molecule has 0 aliphatic carbocycles. The largest absolute Gasteiger partial charge is 0.469 e. The topological polar surface area (TPSA) is 13.1 Å². The second-order valence-corrected chi connectivity index (χ2v) is 4.31. The molecule has 0 aliphatic heterocycles. The number of aryl methyl sites for hydroxylation is 1. The Kier molecular flexibility index (Phi) is 3.03. The molecule has 0 fully saturated rings. The van der Waals surface area contributed by atoms with Gasteiger partial charge in [0, 0.05) is 6.42 Å². The van der Waals surface area contributed by atoms with Crippen LogP contribution in [0.3, 0.4) is 0 Å². The van der Waals surface area contributed by atoms with Crippen molar-refractivity contribution >= 4 is 23.2 Å². The molecule has 1 aromatic carbocycles. The number of hydrogen-bond donors (Lipinski definition) is 0. The first-order chi connectivity index (χ1) is 7.15. The first kappa shape index (κ1) is 10.6. The van der Waals surface area contributed by atoms with Gasteiger partial charge in [-0.1, -0.05) is 29.3 Å². The predicted molar refractivity (Wildman–Crippen MR) is 62.7 cm³/mol. The van der Waals surface area contributed by atoms with Gasteiger partial charge in [-0.25, -0.2) is 0 Å². The quantitative estimate of drug-likeness (QED) is 0.755. The van der Waals surface area contributed by atoms with Crippen molar-refractivity contribution in [1.29, 1.82) is 0 Å². The summed E-state index contributed by atoms with van der Waals surface area (Å²) in [5, 5.41) is 1.18. The van der Waals surface area contributed by atoms with Crippen molar-refractivity contribution in [3.05, 3.63) is 57.5 Å². The Morgan fingerprint density at radius 2 is 1.87 bits per heavy atom. The fraction of sp³-hybridized carbons (Fsp3) is 0.167. The van der Waals surface area contributed by atoms with Crippen LogP contribution in [0, 0.1) is 6.92 Å². The van der Waals surface area contributed by atoms with Crippen LogP contribution in [0.1, 0.15) is 16.9 Å². The van der Waals surface area contributed by atoms with Crippen LogP contribution < -0.4 is 0 Å². The summed E-state index contributed by atoms with van der Waals surface area (Å²) in [6, 6.07) is 7.68. The van der Waals surface area contributed by atoms with Crippen LogP contribution in [-0.4, -0.2) is 0 Å². The second-order valence-electron chi connectivity index (χ2n) is 3.49. The van der Waals surface area contributed by atoms with Crippen molar-refractivity contribution in [3.8, 4) is 0 Å². The summed E-state index contributed by atoms with van der Waals surface area (Å²) in [4.78, 5) is 0. The van der Waals surface area contributed by atoms with Gasteiger partial charge in [0.05, 0.1) is 16.3 Å². The fourth-order valence-corrected chi connectivity index (χ4v) is 1.80. The lowest BCUT2D eigenvalue weighted by Crippen LogP contribution is -1.85. The molecule has 0 aliphatic rings. The Morgan fingerprint density at radius 1 is 1.07 bits per heavy atom. The lowest BCUT2D eigenvalue weighted by molar-refractivity contribution is 0.532. The normalized spacial score (nSPS) is 10.6. The molecule has 0 N–H and O–H groups in total. The molecule has 0 unspecified atom stereocenters. The Morgan fingerprint density at radius 3 is 2.47 bits per heavy atom. The molecule has 1 aromatic heterocycles. The highest BCUT2D eigenvalue weighted by molar-refractivity contribution is 6.42. The molecule has 0 bridgehead atoms. The van der Waals surface area contributed by atoms with Gasteiger partial charge in [0.25, 0.3) is 0 Å². The van der Waals surface area contributed by atoms with Gasteiger partial charge in [-0.3, -0.25) is 0 Å². The van der Waals surface area contributed by atoms with Gasteiger partial charge in [-0.15, -0.1) is 0 Å². The molecule has 0 saturated carbocycles. The van der Waals surface area contributed by atoms with Crippen molar-refractivity contribution in [2.24, 2.45) is 0 Å². The molecule has 3 heteroatoms. The fourth-order valence-electron chi connectivity index (χ4n) is 1.48. The van der Waals surface area contributed by atoms with E-state index in [1.165, 1.54) is 0 Å². The maximum absolute atomic E-state index is 5.93. The van der Waals surface area contributed by atoms with Gasteiger partial charge in [0.1, 0.15) is 5.76 Å². The van der Waals surface area contributed by atoms with Crippen LogP contribution in [0.2, 0.25) is 10.0 Å². The zero-order valence-electron chi connectivity index (χ0n) is 8.26. The maximum Gasteiger partial charge on any atom is 0.100 e. The number of furan rings is 1. The Bertz CT molecular complexity index is 474. The third-order valence-electron chi connectivity index (χ3n) is 2.18. The molecular weight excluding hydrogens is 231 g/mol. The van der Waals surface area contributed by atoms with E-state index in [2.05, 4.69) is 0 Å². The Labute approximate surface area is 98.6 Å². The third-order valence-corrected chi connectivity index (χ3v) is 2.92. The van der Waals surface area contributed by atoms with E-state index in [0.717, 1.165) is 23.3 Å². The number of benzene rings is 1. The standard InChI is InChI=1S/C12H10Cl2O/c1-8-4-10(7-15-8)5-9-2-3-11(13)12(14)6-9/h2-4,6-7H,5H2,1H3. The molecule has 78 valence electrons. The minimum Gasteiger partial charge on any atom is -0.469 e. The first-order valence-electron chi connectivity index (χ1n) is 4.63. The van der Waals surface area contributed by atoms with Crippen molar-refractivity contribution in [1.82, 2.24) is 0 Å². The summed E-state index contributed by atoms with van der Waals surface area (Å²) < 4.78 is 5.23. The monoisotopic (exact) mass is 240 g/mol. The van der Waals surface area contributed by atoms with Crippen LogP contribution in [0.4, 0.5) is 0 Å². The minimum atomic E-state index is 0.587. The zero-order chi connectivity index (χ0) is 10.8. The molecule has 0 amide bonds. The number of halogens is 2. The lowest BCUT2D eigenvalue weighted by Gasteiger charge is -2.00. The molecule has 2 aromatic rings. The van der Waals surface area contributed by atoms with Gasteiger partial charge in [-0.05, 0) is 36.2 Å². The highest BCUT2D eigenvalue weighted by Gasteiger charge is 2.02. The zero-order valence-corrected chi connectivity index (χ0v) is 9.77. The van der Waals surface area contributed by atoms with E-state index in [1.807, 2.05) is 31.2 Å². The van der Waals surface area contributed by atoms with Gasteiger partial charge >= 0.3 is 0 Å². The van der Waals surface area contributed by atoms with Gasteiger partial charge < -0.3 is 4.42 Å². The van der Waals surface area contributed by atoms with E-state index in [0.29, 0.717) is 10.0 Å². The number of hydrogen-bond acceptors (Lipinski definition) is 1. The molecule has 0 spiro atoms. The second kappa shape index (κ2) is 4.30. The maximum atomic E-state index is 5.93. The van der Waals surface area contributed by atoms with Gasteiger partial charge in [-0.2, -0.15) is 0 Å². The highest BCUT2D eigenvalue weighted by Crippen LogP contribution is 2.24. The summed E-state index contributed by atoms with van der Waals surface area (Å²) in [7, 11) is 0. The highest BCUT2D eigenvalue weighted by atomic mass is 35.5. The molecule has 2 rings (SSSR count). The van der Waals surface area contributed by atoms with E-state index in [-0.39, 0.29) is 0 Å². The third kappa shape index (κ3) is 2.55. The summed E-state index contributed by atoms with van der Waals surface area (Å²) in [6.45, 7) is 1.93. The summed E-state index contributed by atoms with van der Waals surface area (Å²) >= 11 is 11.8. The van der Waals surface area contributed by atoms with Gasteiger partial charge in [0.2, 0.25) is 0 Å². The molecule has 1 nitrogen and oxygen atoms in total. The van der Waals surface area contributed by atoms with Gasteiger partial charge in [0.15, 0.2) is 0 Å². The summed E-state index contributed by atoms with van der Waals surface area (Å²) in [6.07, 6.45) is 2.58. The summed E-state index contributed by atoms with van der Waals surface area (Å²) in [5.74, 6) is 0.921. The van der Waals surface area contributed by atoms with Crippen LogP contribution in [0.15, 0.2) is 34.9 Å². The molecule has 1 heterocycles. The molecular formula is C12H10Cl2O. The predicted octanol–water partition coefficient (Wildman–Crippen LogP) is 4.49. The average Bonchev–Trinajstić information content (AvgIpc) is 2.58. The SMILES string of the molecule is Cc1cc(Cc2ccc(Cl)c(Cl)c2)co1. The van der Waals surface area contributed by atoms with Crippen LogP contribution in [0.25, 0.3) is 0 Å². The summed E-state index contributed by atoms with van der Waals surface area (Å²) in [5.41, 5.74) is 2.27. The van der Waals surface area contributed by atoms with Crippen LogP contribution >= 0.6 is 23.2 Å². The Balaban J connectivity index is 2.21. The van der Waals surface area contributed by atoms with Crippen molar-refractivity contribution < 1.29 is 4.42 Å². The van der Waals surface area contributed by atoms with Crippen LogP contribution in [0.5, 0.6) is 0 Å². The van der Waals surface area contributed by atoms with Crippen molar-refractivity contribution in [2.45, 2.75) is 13.3 Å². The van der Waals surface area contributed by atoms with Crippen molar-refractivity contribution in [3.63, 3.8) is 0 Å². The van der Waals surface area contributed by atoms with Crippen molar-refractivity contribution in [2.75, 3.05) is 0 Å². The van der Waals surface area contributed by atoms with E-state index in [9.17, 15) is 0 Å². The molecule has 0 atom stereocenters.